The Morgan fingerprint density at radius 3 is 2.96 bits per heavy atom. The van der Waals surface area contributed by atoms with Gasteiger partial charge in [0, 0.05) is 29.4 Å². The van der Waals surface area contributed by atoms with Crippen molar-refractivity contribution in [1.29, 1.82) is 0 Å². The molecule has 0 aliphatic carbocycles. The molecule has 8 heteroatoms. The second kappa shape index (κ2) is 8.16. The van der Waals surface area contributed by atoms with Gasteiger partial charge in [-0.05, 0) is 17.9 Å². The van der Waals surface area contributed by atoms with Gasteiger partial charge < -0.3 is 5.32 Å². The van der Waals surface area contributed by atoms with E-state index < -0.39 is 0 Å². The zero-order chi connectivity index (χ0) is 17.8. The second-order valence-corrected chi connectivity index (χ2v) is 8.31. The molecule has 3 aromatic rings. The Kier molecular flexibility index (Phi) is 5.93. The summed E-state index contributed by atoms with van der Waals surface area (Å²) in [5.41, 5.74) is 0.875. The molecule has 0 saturated heterocycles. The molecule has 0 aliphatic heterocycles. The van der Waals surface area contributed by atoms with Gasteiger partial charge in [-0.25, -0.2) is 4.98 Å². The lowest BCUT2D eigenvalue weighted by atomic mass is 10.2. The number of nitrogens with one attached hydrogen (secondary N) is 1. The third kappa shape index (κ3) is 3.96. The van der Waals surface area contributed by atoms with Crippen molar-refractivity contribution in [2.24, 2.45) is 7.05 Å². The van der Waals surface area contributed by atoms with Crippen molar-refractivity contribution in [1.82, 2.24) is 14.9 Å². The predicted molar refractivity (Wildman–Crippen MR) is 107 cm³/mol. The van der Waals surface area contributed by atoms with E-state index in [0.29, 0.717) is 17.1 Å². The fourth-order valence-electron chi connectivity index (χ4n) is 2.38. The molecule has 3 aromatic heterocycles. The fourth-order valence-corrected chi connectivity index (χ4v) is 4.99. The second-order valence-electron chi connectivity index (χ2n) is 5.56. The predicted octanol–water partition coefficient (Wildman–Crippen LogP) is 3.73. The number of hydrogen-bond donors (Lipinski definition) is 1. The van der Waals surface area contributed by atoms with E-state index in [1.807, 2.05) is 22.9 Å². The molecule has 3 heterocycles. The average molecular weight is 394 g/mol. The number of aromatic nitrogens is 2. The zero-order valence-corrected chi connectivity index (χ0v) is 16.5. The van der Waals surface area contributed by atoms with E-state index in [9.17, 15) is 9.59 Å². The van der Waals surface area contributed by atoms with Gasteiger partial charge in [0.2, 0.25) is 5.91 Å². The van der Waals surface area contributed by atoms with Crippen LogP contribution in [0.5, 0.6) is 0 Å². The van der Waals surface area contributed by atoms with Crippen LogP contribution in [0, 0.1) is 0 Å². The minimum atomic E-state index is -0.0662. The number of thiophene rings is 2. The molecule has 1 amide bonds. The molecule has 0 atom stereocenters. The van der Waals surface area contributed by atoms with Crippen molar-refractivity contribution in [3.63, 3.8) is 0 Å². The molecule has 25 heavy (non-hydrogen) atoms. The minimum absolute atomic E-state index is 0.0294. The van der Waals surface area contributed by atoms with Crippen molar-refractivity contribution in [3.8, 4) is 10.4 Å². The van der Waals surface area contributed by atoms with Crippen LogP contribution in [0.3, 0.4) is 0 Å². The normalized spacial score (nSPS) is 11.1. The largest absolute Gasteiger partial charge is 0.355 e. The Balaban J connectivity index is 1.83. The number of rotatable bonds is 7. The summed E-state index contributed by atoms with van der Waals surface area (Å²) in [6, 6.07) is 3.98. The summed E-state index contributed by atoms with van der Waals surface area (Å²) in [5, 5.41) is 8.09. The van der Waals surface area contributed by atoms with Gasteiger partial charge >= 0.3 is 0 Å². The van der Waals surface area contributed by atoms with Crippen LogP contribution < -0.4 is 10.9 Å². The number of carbonyl (C=O) groups is 1. The monoisotopic (exact) mass is 393 g/mol. The van der Waals surface area contributed by atoms with Crippen LogP contribution in [-0.4, -0.2) is 27.8 Å². The zero-order valence-electron chi connectivity index (χ0n) is 14.1. The Morgan fingerprint density at radius 1 is 1.40 bits per heavy atom. The van der Waals surface area contributed by atoms with Gasteiger partial charge in [0.25, 0.3) is 5.56 Å². The first kappa shape index (κ1) is 18.2. The molecule has 0 spiro atoms. The first-order valence-corrected chi connectivity index (χ1v) is 10.8. The van der Waals surface area contributed by atoms with E-state index in [-0.39, 0.29) is 17.2 Å². The number of nitrogens with zero attached hydrogens (tertiary/aromatic N) is 2. The number of carbonyl (C=O) groups excluding carboxylic acids is 1. The average Bonchev–Trinajstić information content (AvgIpc) is 3.26. The topological polar surface area (TPSA) is 64.0 Å². The Hall–Kier alpha value is -1.64. The highest BCUT2D eigenvalue weighted by Crippen LogP contribution is 2.34. The molecule has 0 fully saturated rings. The van der Waals surface area contributed by atoms with Crippen LogP contribution in [0.1, 0.15) is 19.8 Å². The van der Waals surface area contributed by atoms with Crippen LogP contribution >= 0.6 is 34.4 Å². The third-order valence-electron chi connectivity index (χ3n) is 3.75. The highest BCUT2D eigenvalue weighted by atomic mass is 32.2. The summed E-state index contributed by atoms with van der Waals surface area (Å²) in [4.78, 5) is 31.1. The van der Waals surface area contributed by atoms with Crippen LogP contribution in [0.4, 0.5) is 0 Å². The van der Waals surface area contributed by atoms with Crippen molar-refractivity contribution < 1.29 is 4.79 Å². The molecule has 3 rings (SSSR count). The van der Waals surface area contributed by atoms with Crippen LogP contribution in [0.15, 0.2) is 32.8 Å². The summed E-state index contributed by atoms with van der Waals surface area (Å²) in [6.45, 7) is 2.78. The van der Waals surface area contributed by atoms with Crippen LogP contribution in [-0.2, 0) is 11.8 Å². The highest BCUT2D eigenvalue weighted by molar-refractivity contribution is 7.99. The molecule has 0 unspecified atom stereocenters. The van der Waals surface area contributed by atoms with Crippen molar-refractivity contribution in [3.05, 3.63) is 33.2 Å². The quantitative estimate of drug-likeness (QED) is 0.377. The molecule has 0 bridgehead atoms. The maximum absolute atomic E-state index is 12.8. The van der Waals surface area contributed by atoms with E-state index in [2.05, 4.69) is 17.2 Å². The summed E-state index contributed by atoms with van der Waals surface area (Å²) in [6.07, 6.45) is 2.02. The molecule has 0 aromatic carbocycles. The highest BCUT2D eigenvalue weighted by Gasteiger charge is 2.16. The van der Waals surface area contributed by atoms with E-state index in [4.69, 9.17) is 0 Å². The maximum atomic E-state index is 12.8. The van der Waals surface area contributed by atoms with E-state index in [1.54, 1.807) is 18.4 Å². The summed E-state index contributed by atoms with van der Waals surface area (Å²) in [5.74, 6) is 0.233. The fraction of sp³-hybridized carbons (Fsp3) is 0.353. The standard InChI is InChI=1S/C17H19N3O2S3/c1-3-4-7-18-13(21)10-25-17-19-15-14(16(22)20(17)2)11(9-24-15)12-6-5-8-23-12/h5-6,8-9H,3-4,7,10H2,1-2H3,(H,18,21). The van der Waals surface area contributed by atoms with Crippen molar-refractivity contribution >= 4 is 50.6 Å². The molecule has 5 nitrogen and oxygen atoms in total. The van der Waals surface area contributed by atoms with Gasteiger partial charge in [-0.2, -0.15) is 0 Å². The van der Waals surface area contributed by atoms with E-state index in [1.165, 1.54) is 27.7 Å². The maximum Gasteiger partial charge on any atom is 0.263 e. The van der Waals surface area contributed by atoms with Gasteiger partial charge in [-0.15, -0.1) is 22.7 Å². The number of unbranched alkanes of at least 4 members (excludes halogenated alkanes) is 1. The molecule has 0 aliphatic rings. The Morgan fingerprint density at radius 2 is 2.24 bits per heavy atom. The first-order valence-electron chi connectivity index (χ1n) is 8.03. The smallest absolute Gasteiger partial charge is 0.263 e. The van der Waals surface area contributed by atoms with Crippen molar-refractivity contribution in [2.75, 3.05) is 12.3 Å². The molecule has 132 valence electrons. The molecule has 0 saturated carbocycles. The Labute approximate surface area is 158 Å². The van der Waals surface area contributed by atoms with Crippen LogP contribution in [0.25, 0.3) is 20.7 Å². The molecular formula is C17H19N3O2S3. The van der Waals surface area contributed by atoms with Gasteiger partial charge in [0.05, 0.1) is 11.1 Å². The lowest BCUT2D eigenvalue weighted by Crippen LogP contribution is -2.27. The van der Waals surface area contributed by atoms with Gasteiger partial charge in [-0.3, -0.25) is 14.2 Å². The summed E-state index contributed by atoms with van der Waals surface area (Å²) in [7, 11) is 1.71. The summed E-state index contributed by atoms with van der Waals surface area (Å²) < 4.78 is 1.54. The molecular weight excluding hydrogens is 374 g/mol. The number of fused-ring (bicyclic) bond motifs is 1. The first-order chi connectivity index (χ1) is 12.1. The third-order valence-corrected chi connectivity index (χ3v) is 6.55. The van der Waals surface area contributed by atoms with Gasteiger partial charge in [0.1, 0.15) is 4.83 Å². The van der Waals surface area contributed by atoms with Gasteiger partial charge in [-0.1, -0.05) is 31.2 Å². The lowest BCUT2D eigenvalue weighted by Gasteiger charge is -2.08. The van der Waals surface area contributed by atoms with E-state index in [0.717, 1.165) is 28.1 Å². The minimum Gasteiger partial charge on any atom is -0.355 e. The summed E-state index contributed by atoms with van der Waals surface area (Å²) >= 11 is 4.38. The molecule has 1 N–H and O–H groups in total. The SMILES string of the molecule is CCCCNC(=O)CSc1nc2scc(-c3cccs3)c2c(=O)n1C. The number of amides is 1. The lowest BCUT2D eigenvalue weighted by molar-refractivity contribution is -0.118. The number of hydrogen-bond acceptors (Lipinski definition) is 6. The van der Waals surface area contributed by atoms with Gasteiger partial charge in [0.15, 0.2) is 5.16 Å². The van der Waals surface area contributed by atoms with E-state index >= 15 is 0 Å². The Bertz CT molecular complexity index is 929. The van der Waals surface area contributed by atoms with Crippen LogP contribution in [0.2, 0.25) is 0 Å². The van der Waals surface area contributed by atoms with Crippen molar-refractivity contribution in [2.45, 2.75) is 24.9 Å². The number of thioether (sulfide) groups is 1. The molecule has 0 radical (unpaired) electrons.